The summed E-state index contributed by atoms with van der Waals surface area (Å²) in [5, 5.41) is 20.2. The maximum absolute atomic E-state index is 12.8. The molecule has 0 aliphatic carbocycles. The van der Waals surface area contributed by atoms with Crippen molar-refractivity contribution in [3.8, 4) is 6.07 Å². The number of anilines is 1. The predicted octanol–water partition coefficient (Wildman–Crippen LogP) is 2.01. The van der Waals surface area contributed by atoms with Crippen molar-refractivity contribution < 1.29 is 32.6 Å². The van der Waals surface area contributed by atoms with Gasteiger partial charge in [-0.2, -0.15) is 18.4 Å². The molecule has 0 fully saturated rings. The Morgan fingerprint density at radius 3 is 2.48 bits per heavy atom. The Balaban J connectivity index is 2.95. The highest BCUT2D eigenvalue weighted by molar-refractivity contribution is 6.32. The summed E-state index contributed by atoms with van der Waals surface area (Å²) in [4.78, 5) is 22.9. The van der Waals surface area contributed by atoms with Crippen LogP contribution in [0.25, 0.3) is 0 Å². The Morgan fingerprint density at radius 1 is 1.43 bits per heavy atom. The van der Waals surface area contributed by atoms with Gasteiger partial charge in [-0.1, -0.05) is 11.6 Å². The zero-order chi connectivity index (χ0) is 17.8. The third-order valence-corrected chi connectivity index (χ3v) is 3.09. The van der Waals surface area contributed by atoms with E-state index < -0.39 is 30.1 Å². The van der Waals surface area contributed by atoms with E-state index in [9.17, 15) is 27.9 Å². The first-order valence-electron chi connectivity index (χ1n) is 5.92. The third kappa shape index (κ3) is 4.12. The van der Waals surface area contributed by atoms with Crippen LogP contribution in [0.1, 0.15) is 12.0 Å². The summed E-state index contributed by atoms with van der Waals surface area (Å²) < 4.78 is 42.3. The first-order chi connectivity index (χ1) is 10.5. The number of halogens is 4. The zero-order valence-electron chi connectivity index (χ0n) is 11.6. The van der Waals surface area contributed by atoms with Crippen LogP contribution < -0.4 is 5.32 Å². The molecule has 0 aliphatic heterocycles. The van der Waals surface area contributed by atoms with Crippen molar-refractivity contribution in [2.45, 2.75) is 18.2 Å². The summed E-state index contributed by atoms with van der Waals surface area (Å²) in [6.45, 7) is 0. The number of rotatable bonds is 4. The molecule has 0 aliphatic rings. The number of amides is 1. The van der Waals surface area contributed by atoms with Crippen LogP contribution in [0.15, 0.2) is 18.2 Å². The van der Waals surface area contributed by atoms with Gasteiger partial charge >= 0.3 is 12.1 Å². The molecule has 0 saturated heterocycles. The van der Waals surface area contributed by atoms with Crippen LogP contribution >= 0.6 is 11.6 Å². The van der Waals surface area contributed by atoms with Crippen LogP contribution in [-0.4, -0.2) is 35.9 Å². The number of nitrogens with zero attached hydrogens (tertiary/aromatic N) is 1. The number of esters is 1. The maximum Gasteiger partial charge on any atom is 0.428 e. The van der Waals surface area contributed by atoms with E-state index in [1.807, 2.05) is 5.32 Å². The van der Waals surface area contributed by atoms with E-state index in [1.54, 1.807) is 6.07 Å². The van der Waals surface area contributed by atoms with E-state index in [0.717, 1.165) is 6.07 Å². The Hall–Kier alpha value is -2.31. The Kier molecular flexibility index (Phi) is 5.58. The fourth-order valence-corrected chi connectivity index (χ4v) is 1.80. The van der Waals surface area contributed by atoms with Crippen LogP contribution in [0, 0.1) is 11.3 Å². The predicted molar refractivity (Wildman–Crippen MR) is 72.4 cm³/mol. The molecule has 6 nitrogen and oxygen atoms in total. The van der Waals surface area contributed by atoms with E-state index in [-0.39, 0.29) is 16.3 Å². The van der Waals surface area contributed by atoms with Crippen LogP contribution in [0.2, 0.25) is 5.02 Å². The average molecular weight is 351 g/mol. The summed E-state index contributed by atoms with van der Waals surface area (Å²) in [6.07, 6.45) is -7.00. The SMILES string of the molecule is COC(=O)C(O)(CC(=O)Nc1ccc(C#N)c(Cl)c1)C(F)(F)F. The van der Waals surface area contributed by atoms with Crippen molar-refractivity contribution in [2.75, 3.05) is 12.4 Å². The lowest BCUT2D eigenvalue weighted by Gasteiger charge is -2.26. The number of alkyl halides is 3. The smallest absolute Gasteiger partial charge is 0.428 e. The van der Waals surface area contributed by atoms with Gasteiger partial charge in [0.1, 0.15) is 6.07 Å². The molecule has 1 unspecified atom stereocenters. The third-order valence-electron chi connectivity index (χ3n) is 2.78. The molecule has 1 amide bonds. The quantitative estimate of drug-likeness (QED) is 0.809. The van der Waals surface area contributed by atoms with Crippen LogP contribution in [0.3, 0.4) is 0 Å². The van der Waals surface area contributed by atoms with Gasteiger partial charge in [0.2, 0.25) is 5.91 Å². The number of hydrogen-bond donors (Lipinski definition) is 2. The van der Waals surface area contributed by atoms with Gasteiger partial charge in [0, 0.05) is 5.69 Å². The molecule has 0 saturated carbocycles. The minimum atomic E-state index is -5.40. The van der Waals surface area contributed by atoms with Gasteiger partial charge in [-0.3, -0.25) is 4.79 Å². The van der Waals surface area contributed by atoms with Gasteiger partial charge in [0.25, 0.3) is 5.60 Å². The van der Waals surface area contributed by atoms with Gasteiger partial charge in [0.05, 0.1) is 24.1 Å². The molecule has 0 aromatic heterocycles. The highest BCUT2D eigenvalue weighted by Crippen LogP contribution is 2.34. The summed E-state index contributed by atoms with van der Waals surface area (Å²) in [5.74, 6) is -3.30. The normalized spacial score (nSPS) is 13.6. The number of methoxy groups -OCH3 is 1. The lowest BCUT2D eigenvalue weighted by molar-refractivity contribution is -0.261. The molecule has 1 atom stereocenters. The Labute approximate surface area is 133 Å². The fraction of sp³-hybridized carbons (Fsp3) is 0.308. The topological polar surface area (TPSA) is 99.4 Å². The largest absolute Gasteiger partial charge is 0.467 e. The van der Waals surface area contributed by atoms with E-state index in [2.05, 4.69) is 4.74 Å². The number of ether oxygens (including phenoxy) is 1. The minimum Gasteiger partial charge on any atom is -0.467 e. The number of benzene rings is 1. The molecular formula is C13H10ClF3N2O4. The van der Waals surface area contributed by atoms with E-state index in [0.29, 0.717) is 7.11 Å². The van der Waals surface area contributed by atoms with Crippen LogP contribution in [0.4, 0.5) is 18.9 Å². The van der Waals surface area contributed by atoms with Crippen molar-refractivity contribution in [1.29, 1.82) is 5.26 Å². The molecule has 0 heterocycles. The second-order valence-electron chi connectivity index (χ2n) is 4.38. The summed E-state index contributed by atoms with van der Waals surface area (Å²) in [7, 11) is 0.650. The number of carbonyl (C=O) groups is 2. The van der Waals surface area contributed by atoms with Gasteiger partial charge in [-0.15, -0.1) is 0 Å². The second-order valence-corrected chi connectivity index (χ2v) is 4.79. The summed E-state index contributed by atoms with van der Waals surface area (Å²) in [5.41, 5.74) is -3.87. The van der Waals surface area contributed by atoms with Gasteiger partial charge in [-0.25, -0.2) is 4.79 Å². The number of hydrogen-bond acceptors (Lipinski definition) is 5. The standard InChI is InChI=1S/C13H10ClF3N2O4/c1-23-11(21)12(22,13(15,16)17)5-10(20)19-8-3-2-7(6-18)9(14)4-8/h2-4,22H,5H2,1H3,(H,19,20). The van der Waals surface area contributed by atoms with E-state index in [4.69, 9.17) is 16.9 Å². The molecule has 0 bridgehead atoms. The average Bonchev–Trinajstić information content (AvgIpc) is 2.45. The first kappa shape index (κ1) is 18.7. The van der Waals surface area contributed by atoms with Crippen molar-refractivity contribution in [2.24, 2.45) is 0 Å². The number of carbonyl (C=O) groups excluding carboxylic acids is 2. The van der Waals surface area contributed by atoms with Gasteiger partial charge < -0.3 is 15.2 Å². The molecule has 10 heteroatoms. The van der Waals surface area contributed by atoms with Crippen LogP contribution in [-0.2, 0) is 14.3 Å². The summed E-state index contributed by atoms with van der Waals surface area (Å²) >= 11 is 5.71. The van der Waals surface area contributed by atoms with Gasteiger partial charge in [0.15, 0.2) is 0 Å². The van der Waals surface area contributed by atoms with Crippen LogP contribution in [0.5, 0.6) is 0 Å². The first-order valence-corrected chi connectivity index (χ1v) is 6.30. The number of nitrogens with one attached hydrogen (secondary N) is 1. The highest BCUT2D eigenvalue weighted by atomic mass is 35.5. The second kappa shape index (κ2) is 6.85. The zero-order valence-corrected chi connectivity index (χ0v) is 12.3. The Bertz CT molecular complexity index is 672. The van der Waals surface area contributed by atoms with Gasteiger partial charge in [-0.05, 0) is 18.2 Å². The molecule has 1 aromatic rings. The number of aliphatic hydroxyl groups is 1. The molecule has 124 valence electrons. The van der Waals surface area contributed by atoms with Crippen molar-refractivity contribution in [3.63, 3.8) is 0 Å². The highest BCUT2D eigenvalue weighted by Gasteiger charge is 2.61. The Morgan fingerprint density at radius 2 is 2.04 bits per heavy atom. The molecule has 1 aromatic carbocycles. The lowest BCUT2D eigenvalue weighted by atomic mass is 9.98. The molecular weight excluding hydrogens is 341 g/mol. The van der Waals surface area contributed by atoms with Crippen molar-refractivity contribution in [1.82, 2.24) is 0 Å². The molecule has 0 spiro atoms. The molecule has 1 rings (SSSR count). The molecule has 2 N–H and O–H groups in total. The molecule has 0 radical (unpaired) electrons. The van der Waals surface area contributed by atoms with Crippen molar-refractivity contribution in [3.05, 3.63) is 28.8 Å². The lowest BCUT2D eigenvalue weighted by Crippen LogP contribution is -2.54. The monoisotopic (exact) mass is 350 g/mol. The maximum atomic E-state index is 12.8. The number of nitriles is 1. The molecule has 23 heavy (non-hydrogen) atoms. The van der Waals surface area contributed by atoms with Crippen molar-refractivity contribution >= 4 is 29.2 Å². The minimum absolute atomic E-state index is 0.00612. The van der Waals surface area contributed by atoms with E-state index in [1.165, 1.54) is 12.1 Å². The fourth-order valence-electron chi connectivity index (χ4n) is 1.58. The summed E-state index contributed by atoms with van der Waals surface area (Å²) in [6, 6.07) is 5.38. The van der Waals surface area contributed by atoms with E-state index >= 15 is 0 Å².